The van der Waals surface area contributed by atoms with Crippen molar-refractivity contribution in [3.63, 3.8) is 0 Å². The highest BCUT2D eigenvalue weighted by Gasteiger charge is 2.21. The maximum atomic E-state index is 4.20. The van der Waals surface area contributed by atoms with Gasteiger partial charge in [0.05, 0.1) is 12.4 Å². The molecule has 0 atom stereocenters. The number of halogens is 1. The molecule has 11 heavy (non-hydrogen) atoms. The second-order valence-corrected chi connectivity index (χ2v) is 3.46. The van der Waals surface area contributed by atoms with Crippen LogP contribution in [0.5, 0.6) is 0 Å². The number of nitrogens with one attached hydrogen (secondary N) is 1. The molecule has 4 heteroatoms. The predicted octanol–water partition coefficient (Wildman–Crippen LogP) is 1.81. The maximum Gasteiger partial charge on any atom is 0.146 e. The van der Waals surface area contributed by atoms with Gasteiger partial charge in [0.15, 0.2) is 0 Å². The molecule has 0 radical (unpaired) electrons. The molecule has 1 N–H and O–H groups in total. The molecule has 0 aliphatic heterocycles. The minimum absolute atomic E-state index is 0.638. The molecule has 1 aromatic rings. The first-order valence-electron chi connectivity index (χ1n) is 3.59. The van der Waals surface area contributed by atoms with E-state index >= 15 is 0 Å². The first-order valence-corrected chi connectivity index (χ1v) is 4.38. The van der Waals surface area contributed by atoms with Gasteiger partial charge in [-0.3, -0.25) is 4.98 Å². The lowest BCUT2D eigenvalue weighted by Crippen LogP contribution is -2.03. The summed E-state index contributed by atoms with van der Waals surface area (Å²) in [5.41, 5.74) is 0. The standard InChI is InChI=1S/C7H8BrN3/c8-6-3-9-4-7(11-6)10-5-1-2-5/h3-5H,1-2H2,(H,10,11). The molecule has 2 rings (SSSR count). The van der Waals surface area contributed by atoms with Gasteiger partial charge in [0.1, 0.15) is 10.4 Å². The van der Waals surface area contributed by atoms with E-state index in [1.807, 2.05) is 0 Å². The molecule has 0 aromatic carbocycles. The van der Waals surface area contributed by atoms with Gasteiger partial charge in [-0.25, -0.2) is 4.98 Å². The first kappa shape index (κ1) is 7.03. The number of anilines is 1. The largest absolute Gasteiger partial charge is 0.366 e. The van der Waals surface area contributed by atoms with Crippen molar-refractivity contribution in [2.75, 3.05) is 5.32 Å². The van der Waals surface area contributed by atoms with Crippen LogP contribution in [-0.4, -0.2) is 16.0 Å². The summed E-state index contributed by atoms with van der Waals surface area (Å²) >= 11 is 3.26. The molecule has 0 saturated heterocycles. The van der Waals surface area contributed by atoms with Gasteiger partial charge in [0, 0.05) is 6.04 Å². The molecule has 1 aromatic heterocycles. The number of aromatic nitrogens is 2. The first-order chi connectivity index (χ1) is 5.34. The van der Waals surface area contributed by atoms with E-state index in [4.69, 9.17) is 0 Å². The average molecular weight is 214 g/mol. The van der Waals surface area contributed by atoms with E-state index in [0.29, 0.717) is 6.04 Å². The summed E-state index contributed by atoms with van der Waals surface area (Å²) in [6.07, 6.45) is 5.93. The van der Waals surface area contributed by atoms with Crippen LogP contribution >= 0.6 is 15.9 Å². The van der Waals surface area contributed by atoms with Crippen molar-refractivity contribution in [1.82, 2.24) is 9.97 Å². The van der Waals surface area contributed by atoms with Gasteiger partial charge in [-0.05, 0) is 28.8 Å². The third kappa shape index (κ3) is 1.89. The van der Waals surface area contributed by atoms with Crippen molar-refractivity contribution in [2.24, 2.45) is 0 Å². The summed E-state index contributed by atoms with van der Waals surface area (Å²) in [6.45, 7) is 0. The van der Waals surface area contributed by atoms with Gasteiger partial charge >= 0.3 is 0 Å². The van der Waals surface area contributed by atoms with E-state index < -0.39 is 0 Å². The lowest BCUT2D eigenvalue weighted by atomic mass is 10.6. The van der Waals surface area contributed by atoms with E-state index in [2.05, 4.69) is 31.2 Å². The van der Waals surface area contributed by atoms with Crippen molar-refractivity contribution in [1.29, 1.82) is 0 Å². The van der Waals surface area contributed by atoms with Gasteiger partial charge in [0.2, 0.25) is 0 Å². The van der Waals surface area contributed by atoms with Crippen molar-refractivity contribution in [3.8, 4) is 0 Å². The normalized spacial score (nSPS) is 16.5. The van der Waals surface area contributed by atoms with E-state index in [9.17, 15) is 0 Å². The van der Waals surface area contributed by atoms with Crippen LogP contribution in [0.15, 0.2) is 17.0 Å². The van der Waals surface area contributed by atoms with Crippen molar-refractivity contribution < 1.29 is 0 Å². The van der Waals surface area contributed by atoms with Crippen molar-refractivity contribution in [3.05, 3.63) is 17.0 Å². The zero-order valence-electron chi connectivity index (χ0n) is 5.92. The summed E-state index contributed by atoms with van der Waals surface area (Å²) in [7, 11) is 0. The Hall–Kier alpha value is -0.640. The van der Waals surface area contributed by atoms with Crippen LogP contribution in [0.25, 0.3) is 0 Å². The van der Waals surface area contributed by atoms with Gasteiger partial charge in [-0.15, -0.1) is 0 Å². The second kappa shape index (κ2) is 2.77. The molecule has 1 aliphatic rings. The molecule has 1 aliphatic carbocycles. The second-order valence-electron chi connectivity index (χ2n) is 2.65. The van der Waals surface area contributed by atoms with Crippen LogP contribution in [0, 0.1) is 0 Å². The minimum atomic E-state index is 0.638. The van der Waals surface area contributed by atoms with Gasteiger partial charge in [-0.1, -0.05) is 0 Å². The Morgan fingerprint density at radius 1 is 1.45 bits per heavy atom. The molecule has 0 spiro atoms. The summed E-state index contributed by atoms with van der Waals surface area (Å²) in [4.78, 5) is 8.19. The fourth-order valence-electron chi connectivity index (χ4n) is 0.849. The average Bonchev–Trinajstić information content (AvgIpc) is 2.71. The highest BCUT2D eigenvalue weighted by Crippen LogP contribution is 2.23. The molecule has 0 amide bonds. The Morgan fingerprint density at radius 3 is 2.91 bits per heavy atom. The highest BCUT2D eigenvalue weighted by atomic mass is 79.9. The number of rotatable bonds is 2. The summed E-state index contributed by atoms with van der Waals surface area (Å²) in [5, 5.41) is 3.25. The van der Waals surface area contributed by atoms with E-state index in [1.54, 1.807) is 12.4 Å². The zero-order chi connectivity index (χ0) is 7.68. The SMILES string of the molecule is Brc1cncc(NC2CC2)n1. The lowest BCUT2D eigenvalue weighted by Gasteiger charge is -2.01. The molecule has 58 valence electrons. The number of nitrogens with zero attached hydrogens (tertiary/aromatic N) is 2. The van der Waals surface area contributed by atoms with Crippen LogP contribution in [0.2, 0.25) is 0 Å². The Morgan fingerprint density at radius 2 is 2.27 bits per heavy atom. The maximum absolute atomic E-state index is 4.20. The molecule has 3 nitrogen and oxygen atoms in total. The van der Waals surface area contributed by atoms with Crippen LogP contribution in [0.3, 0.4) is 0 Å². The molecule has 0 unspecified atom stereocenters. The van der Waals surface area contributed by atoms with E-state index in [0.717, 1.165) is 10.4 Å². The topological polar surface area (TPSA) is 37.8 Å². The fraction of sp³-hybridized carbons (Fsp3) is 0.429. The van der Waals surface area contributed by atoms with E-state index in [1.165, 1.54) is 12.8 Å². The molecule has 0 bridgehead atoms. The van der Waals surface area contributed by atoms with Crippen LogP contribution in [0.4, 0.5) is 5.82 Å². The summed E-state index contributed by atoms with van der Waals surface area (Å²) < 4.78 is 0.781. The Labute approximate surface area is 73.4 Å². The lowest BCUT2D eigenvalue weighted by molar-refractivity contribution is 1.07. The Kier molecular flexibility index (Phi) is 1.77. The van der Waals surface area contributed by atoms with Gasteiger partial charge in [0.25, 0.3) is 0 Å². The van der Waals surface area contributed by atoms with Gasteiger partial charge < -0.3 is 5.32 Å². The Bertz CT molecular complexity index is 260. The number of hydrogen-bond acceptors (Lipinski definition) is 3. The molecule has 1 heterocycles. The third-order valence-corrected chi connectivity index (χ3v) is 1.92. The van der Waals surface area contributed by atoms with Crippen LogP contribution in [0.1, 0.15) is 12.8 Å². The minimum Gasteiger partial charge on any atom is -0.366 e. The van der Waals surface area contributed by atoms with Crippen LogP contribution in [-0.2, 0) is 0 Å². The number of hydrogen-bond donors (Lipinski definition) is 1. The summed E-state index contributed by atoms with van der Waals surface area (Å²) in [6, 6.07) is 0.638. The quantitative estimate of drug-likeness (QED) is 0.815. The molecule has 1 fully saturated rings. The molecular weight excluding hydrogens is 206 g/mol. The van der Waals surface area contributed by atoms with Crippen molar-refractivity contribution >= 4 is 21.7 Å². The fourth-order valence-corrected chi connectivity index (χ4v) is 1.16. The van der Waals surface area contributed by atoms with E-state index in [-0.39, 0.29) is 0 Å². The Balaban J connectivity index is 2.10. The zero-order valence-corrected chi connectivity index (χ0v) is 7.50. The molecule has 1 saturated carbocycles. The molecular formula is C7H8BrN3. The predicted molar refractivity (Wildman–Crippen MR) is 46.4 cm³/mol. The van der Waals surface area contributed by atoms with Crippen LogP contribution < -0.4 is 5.32 Å². The smallest absolute Gasteiger partial charge is 0.146 e. The van der Waals surface area contributed by atoms with Gasteiger partial charge in [-0.2, -0.15) is 0 Å². The third-order valence-electron chi connectivity index (χ3n) is 1.53. The van der Waals surface area contributed by atoms with Crippen molar-refractivity contribution in [2.45, 2.75) is 18.9 Å². The monoisotopic (exact) mass is 213 g/mol. The highest BCUT2D eigenvalue weighted by molar-refractivity contribution is 9.10. The summed E-state index contributed by atoms with van der Waals surface area (Å²) in [5.74, 6) is 0.863.